The van der Waals surface area contributed by atoms with Gasteiger partial charge >= 0.3 is 0 Å². The molecule has 0 bridgehead atoms. The Hall–Kier alpha value is -1.42. The Morgan fingerprint density at radius 1 is 1.29 bits per heavy atom. The highest BCUT2D eigenvalue weighted by Crippen LogP contribution is 2.27. The van der Waals surface area contributed by atoms with Gasteiger partial charge in [0.25, 0.3) is 0 Å². The van der Waals surface area contributed by atoms with Crippen molar-refractivity contribution in [2.45, 2.75) is 13.5 Å². The largest absolute Gasteiger partial charge is 0.464 e. The number of halogens is 1. The maximum atomic E-state index is 5.96. The first kappa shape index (κ1) is 12.0. The van der Waals surface area contributed by atoms with Gasteiger partial charge < -0.3 is 15.1 Å². The first-order chi connectivity index (χ1) is 8.06. The summed E-state index contributed by atoms with van der Waals surface area (Å²) in [7, 11) is 2.00. The Labute approximate surface area is 109 Å². The van der Waals surface area contributed by atoms with Gasteiger partial charge in [-0.05, 0) is 37.3 Å². The fourth-order valence-corrected chi connectivity index (χ4v) is 2.09. The van der Waals surface area contributed by atoms with Crippen LogP contribution in [0.25, 0.3) is 0 Å². The van der Waals surface area contributed by atoms with Crippen molar-refractivity contribution >= 4 is 27.3 Å². The van der Waals surface area contributed by atoms with Crippen molar-refractivity contribution in [3.8, 4) is 0 Å². The van der Waals surface area contributed by atoms with Gasteiger partial charge in [-0.15, -0.1) is 0 Å². The monoisotopic (exact) mass is 294 g/mol. The van der Waals surface area contributed by atoms with E-state index < -0.39 is 0 Å². The molecule has 17 heavy (non-hydrogen) atoms. The SMILES string of the molecule is Cc1ccc(CN(C)c2cc(Br)ccc2N)o1. The number of nitrogen functional groups attached to an aromatic ring is 1. The molecule has 2 rings (SSSR count). The molecule has 0 fully saturated rings. The van der Waals surface area contributed by atoms with Gasteiger partial charge in [0.15, 0.2) is 0 Å². The van der Waals surface area contributed by atoms with Crippen LogP contribution in [-0.4, -0.2) is 7.05 Å². The van der Waals surface area contributed by atoms with Gasteiger partial charge in [-0.25, -0.2) is 0 Å². The molecule has 0 aliphatic carbocycles. The molecule has 3 nitrogen and oxygen atoms in total. The molecule has 0 saturated carbocycles. The first-order valence-corrected chi connectivity index (χ1v) is 6.17. The second kappa shape index (κ2) is 4.84. The lowest BCUT2D eigenvalue weighted by Crippen LogP contribution is -2.17. The molecule has 0 aliphatic heterocycles. The number of nitrogens with two attached hydrogens (primary N) is 1. The Morgan fingerprint density at radius 2 is 2.06 bits per heavy atom. The van der Waals surface area contributed by atoms with Crippen molar-refractivity contribution in [1.29, 1.82) is 0 Å². The minimum absolute atomic E-state index is 0.703. The second-order valence-corrected chi connectivity index (χ2v) is 4.99. The van der Waals surface area contributed by atoms with Gasteiger partial charge in [0.05, 0.1) is 17.9 Å². The Balaban J connectivity index is 2.19. The van der Waals surface area contributed by atoms with Crippen LogP contribution in [0.4, 0.5) is 11.4 Å². The molecule has 0 aliphatic rings. The smallest absolute Gasteiger partial charge is 0.123 e. The number of hydrogen-bond acceptors (Lipinski definition) is 3. The average Bonchev–Trinajstić information content (AvgIpc) is 2.67. The summed E-state index contributed by atoms with van der Waals surface area (Å²) in [5, 5.41) is 0. The van der Waals surface area contributed by atoms with E-state index in [-0.39, 0.29) is 0 Å². The molecule has 0 amide bonds. The summed E-state index contributed by atoms with van der Waals surface area (Å²) in [6.07, 6.45) is 0. The fraction of sp³-hybridized carbons (Fsp3) is 0.231. The summed E-state index contributed by atoms with van der Waals surface area (Å²) in [4.78, 5) is 2.07. The van der Waals surface area contributed by atoms with Crippen molar-refractivity contribution < 1.29 is 4.42 Å². The number of furan rings is 1. The highest BCUT2D eigenvalue weighted by atomic mass is 79.9. The number of anilines is 2. The van der Waals surface area contributed by atoms with Crippen molar-refractivity contribution in [3.05, 3.63) is 46.3 Å². The van der Waals surface area contributed by atoms with Crippen molar-refractivity contribution in [2.75, 3.05) is 17.7 Å². The van der Waals surface area contributed by atoms with Gasteiger partial charge in [0, 0.05) is 11.5 Å². The molecule has 4 heteroatoms. The Kier molecular flexibility index (Phi) is 3.43. The van der Waals surface area contributed by atoms with Crippen LogP contribution in [0.15, 0.2) is 39.2 Å². The summed E-state index contributed by atoms with van der Waals surface area (Å²) in [6.45, 7) is 2.64. The van der Waals surface area contributed by atoms with E-state index in [1.54, 1.807) is 0 Å². The Bertz CT molecular complexity index is 522. The van der Waals surface area contributed by atoms with Crippen molar-refractivity contribution in [1.82, 2.24) is 0 Å². The topological polar surface area (TPSA) is 42.4 Å². The number of hydrogen-bond donors (Lipinski definition) is 1. The van der Waals surface area contributed by atoms with Crippen LogP contribution in [0.2, 0.25) is 0 Å². The average molecular weight is 295 g/mol. The fourth-order valence-electron chi connectivity index (χ4n) is 1.74. The summed E-state index contributed by atoms with van der Waals surface area (Å²) in [5.41, 5.74) is 7.71. The van der Waals surface area contributed by atoms with Crippen LogP contribution in [-0.2, 0) is 6.54 Å². The van der Waals surface area contributed by atoms with Gasteiger partial charge in [-0.1, -0.05) is 15.9 Å². The standard InChI is InChI=1S/C13H15BrN2O/c1-9-3-5-11(17-9)8-16(2)13-7-10(14)4-6-12(13)15/h3-7H,8,15H2,1-2H3. The number of rotatable bonds is 3. The van der Waals surface area contributed by atoms with Crippen LogP contribution < -0.4 is 10.6 Å². The zero-order valence-electron chi connectivity index (χ0n) is 9.90. The molecule has 1 aromatic heterocycles. The molecule has 0 saturated heterocycles. The molecule has 2 N–H and O–H groups in total. The predicted molar refractivity (Wildman–Crippen MR) is 74.1 cm³/mol. The molecular formula is C13H15BrN2O. The third-order valence-electron chi connectivity index (χ3n) is 2.59. The number of benzene rings is 1. The lowest BCUT2D eigenvalue weighted by molar-refractivity contribution is 0.482. The Morgan fingerprint density at radius 3 is 2.71 bits per heavy atom. The van der Waals surface area contributed by atoms with Gasteiger partial charge in [-0.2, -0.15) is 0 Å². The van der Waals surface area contributed by atoms with E-state index in [4.69, 9.17) is 10.2 Å². The third kappa shape index (κ3) is 2.82. The first-order valence-electron chi connectivity index (χ1n) is 5.38. The zero-order chi connectivity index (χ0) is 12.4. The molecule has 0 atom stereocenters. The quantitative estimate of drug-likeness (QED) is 0.880. The van der Waals surface area contributed by atoms with Crippen LogP contribution in [0, 0.1) is 6.92 Å². The molecule has 1 heterocycles. The van der Waals surface area contributed by atoms with E-state index in [0.717, 1.165) is 27.4 Å². The summed E-state index contributed by atoms with van der Waals surface area (Å²) in [5.74, 6) is 1.86. The highest BCUT2D eigenvalue weighted by molar-refractivity contribution is 9.10. The summed E-state index contributed by atoms with van der Waals surface area (Å²) in [6, 6.07) is 9.78. The predicted octanol–water partition coefficient (Wildman–Crippen LogP) is 3.57. The lowest BCUT2D eigenvalue weighted by Gasteiger charge is -2.20. The van der Waals surface area contributed by atoms with Gasteiger partial charge in [0.2, 0.25) is 0 Å². The van der Waals surface area contributed by atoms with Crippen LogP contribution in [0.1, 0.15) is 11.5 Å². The molecule has 2 aromatic rings. The lowest BCUT2D eigenvalue weighted by atomic mass is 10.2. The van der Waals surface area contributed by atoms with E-state index in [9.17, 15) is 0 Å². The van der Waals surface area contributed by atoms with Crippen molar-refractivity contribution in [3.63, 3.8) is 0 Å². The maximum absolute atomic E-state index is 5.96. The molecule has 0 unspecified atom stereocenters. The number of nitrogens with zero attached hydrogens (tertiary/aromatic N) is 1. The van der Waals surface area contributed by atoms with E-state index in [1.807, 2.05) is 44.3 Å². The van der Waals surface area contributed by atoms with E-state index in [0.29, 0.717) is 6.54 Å². The van der Waals surface area contributed by atoms with Gasteiger partial charge in [0.1, 0.15) is 11.5 Å². The second-order valence-electron chi connectivity index (χ2n) is 4.07. The summed E-state index contributed by atoms with van der Waals surface area (Å²) < 4.78 is 6.57. The van der Waals surface area contributed by atoms with E-state index in [2.05, 4.69) is 20.8 Å². The minimum atomic E-state index is 0.703. The minimum Gasteiger partial charge on any atom is -0.464 e. The third-order valence-corrected chi connectivity index (χ3v) is 3.09. The molecule has 0 radical (unpaired) electrons. The summed E-state index contributed by atoms with van der Waals surface area (Å²) >= 11 is 3.45. The van der Waals surface area contributed by atoms with E-state index in [1.165, 1.54) is 0 Å². The maximum Gasteiger partial charge on any atom is 0.123 e. The van der Waals surface area contributed by atoms with Gasteiger partial charge in [-0.3, -0.25) is 0 Å². The number of aryl methyl sites for hydroxylation is 1. The molecule has 0 spiro atoms. The normalized spacial score (nSPS) is 10.5. The van der Waals surface area contributed by atoms with Crippen LogP contribution in [0.3, 0.4) is 0 Å². The highest BCUT2D eigenvalue weighted by Gasteiger charge is 2.08. The van der Waals surface area contributed by atoms with Crippen LogP contribution >= 0.6 is 15.9 Å². The molecule has 90 valence electrons. The molecular weight excluding hydrogens is 280 g/mol. The van der Waals surface area contributed by atoms with E-state index >= 15 is 0 Å². The molecule has 1 aromatic carbocycles. The zero-order valence-corrected chi connectivity index (χ0v) is 11.5. The van der Waals surface area contributed by atoms with Crippen molar-refractivity contribution in [2.24, 2.45) is 0 Å². The van der Waals surface area contributed by atoms with Crippen LogP contribution in [0.5, 0.6) is 0 Å².